The van der Waals surface area contributed by atoms with Crippen molar-refractivity contribution in [3.05, 3.63) is 39.9 Å². The third-order valence-corrected chi connectivity index (χ3v) is 7.19. The summed E-state index contributed by atoms with van der Waals surface area (Å²) >= 11 is 0. The fourth-order valence-electron chi connectivity index (χ4n) is 5.59. The Kier molecular flexibility index (Phi) is 5.04. The zero-order chi connectivity index (χ0) is 20.0. The third-order valence-electron chi connectivity index (χ3n) is 7.19. The lowest BCUT2D eigenvalue weighted by atomic mass is 9.82. The van der Waals surface area contributed by atoms with E-state index >= 15 is 0 Å². The van der Waals surface area contributed by atoms with Gasteiger partial charge in [0.05, 0.1) is 11.7 Å². The summed E-state index contributed by atoms with van der Waals surface area (Å²) in [6, 6.07) is 6.86. The largest absolute Gasteiger partial charge is 0.310 e. The van der Waals surface area contributed by atoms with Crippen molar-refractivity contribution >= 4 is 0 Å². The first-order valence-corrected chi connectivity index (χ1v) is 11.2. The van der Waals surface area contributed by atoms with E-state index in [1.54, 1.807) is 16.8 Å². The molecule has 6 rings (SSSR count). The van der Waals surface area contributed by atoms with Gasteiger partial charge in [-0.2, -0.15) is 5.10 Å². The molecule has 29 heavy (non-hydrogen) atoms. The fourth-order valence-corrected chi connectivity index (χ4v) is 5.59. The van der Waals surface area contributed by atoms with Crippen LogP contribution in [0.25, 0.3) is 5.82 Å². The number of nitrogens with zero attached hydrogens (tertiary/aromatic N) is 5. The Morgan fingerprint density at radius 2 is 1.76 bits per heavy atom. The Balaban J connectivity index is 1.25. The van der Waals surface area contributed by atoms with Crippen LogP contribution in [0.2, 0.25) is 0 Å². The number of aromatic nitrogens is 4. The van der Waals surface area contributed by atoms with Crippen molar-refractivity contribution in [3.8, 4) is 5.82 Å². The van der Waals surface area contributed by atoms with Crippen molar-refractivity contribution in [2.24, 2.45) is 5.92 Å². The molecule has 156 valence electrons. The van der Waals surface area contributed by atoms with Gasteiger partial charge in [0.15, 0.2) is 5.82 Å². The second-order valence-electron chi connectivity index (χ2n) is 9.23. The molecule has 0 spiro atoms. The van der Waals surface area contributed by atoms with E-state index in [1.165, 1.54) is 32.5 Å². The molecule has 1 atom stereocenters. The van der Waals surface area contributed by atoms with Crippen molar-refractivity contribution in [3.63, 3.8) is 0 Å². The van der Waals surface area contributed by atoms with Crippen LogP contribution in [0.5, 0.6) is 0 Å². The molecular formula is C22H32N6O. The average molecular weight is 397 g/mol. The predicted molar refractivity (Wildman–Crippen MR) is 112 cm³/mol. The Hall–Kier alpha value is -1.99. The maximum Gasteiger partial charge on any atom is 0.267 e. The van der Waals surface area contributed by atoms with Crippen LogP contribution in [-0.4, -0.2) is 56.2 Å². The molecule has 5 heterocycles. The van der Waals surface area contributed by atoms with Crippen LogP contribution >= 0.6 is 0 Å². The van der Waals surface area contributed by atoms with E-state index in [9.17, 15) is 4.79 Å². The lowest BCUT2D eigenvalue weighted by molar-refractivity contribution is 0.0625. The van der Waals surface area contributed by atoms with Gasteiger partial charge in [-0.25, -0.2) is 9.36 Å². The second kappa shape index (κ2) is 7.69. The highest BCUT2D eigenvalue weighted by molar-refractivity contribution is 5.24. The first-order valence-electron chi connectivity index (χ1n) is 11.2. The van der Waals surface area contributed by atoms with Gasteiger partial charge in [0.25, 0.3) is 5.56 Å². The maximum absolute atomic E-state index is 12.5. The number of rotatable bonds is 4. The molecule has 3 aliphatic heterocycles. The van der Waals surface area contributed by atoms with E-state index < -0.39 is 0 Å². The smallest absolute Gasteiger partial charge is 0.267 e. The minimum Gasteiger partial charge on any atom is -0.310 e. The summed E-state index contributed by atoms with van der Waals surface area (Å²) in [5, 5.41) is 13.2. The van der Waals surface area contributed by atoms with Crippen LogP contribution in [0.4, 0.5) is 0 Å². The van der Waals surface area contributed by atoms with E-state index in [0.29, 0.717) is 12.1 Å². The molecule has 1 aliphatic carbocycles. The van der Waals surface area contributed by atoms with E-state index in [4.69, 9.17) is 0 Å². The molecule has 4 fully saturated rings. The highest BCUT2D eigenvalue weighted by Gasteiger charge is 2.35. The van der Waals surface area contributed by atoms with Gasteiger partial charge < -0.3 is 10.2 Å². The molecule has 7 nitrogen and oxygen atoms in total. The molecular weight excluding hydrogens is 364 g/mol. The maximum atomic E-state index is 12.5. The number of fused-ring (bicyclic) bond motifs is 3. The van der Waals surface area contributed by atoms with Crippen LogP contribution < -0.4 is 10.9 Å². The molecule has 3 saturated heterocycles. The first-order chi connectivity index (χ1) is 14.1. The van der Waals surface area contributed by atoms with Gasteiger partial charge in [-0.3, -0.25) is 4.79 Å². The van der Waals surface area contributed by atoms with Gasteiger partial charge >= 0.3 is 0 Å². The molecule has 0 amide bonds. The van der Waals surface area contributed by atoms with E-state index in [1.807, 2.05) is 24.6 Å². The average Bonchev–Trinajstić information content (AvgIpc) is 3.08. The van der Waals surface area contributed by atoms with Gasteiger partial charge in [-0.05, 0) is 83.5 Å². The van der Waals surface area contributed by atoms with Gasteiger partial charge in [0.2, 0.25) is 0 Å². The molecule has 0 aromatic carbocycles. The Morgan fingerprint density at radius 1 is 1.00 bits per heavy atom. The van der Waals surface area contributed by atoms with Crippen LogP contribution in [-0.2, 0) is 0 Å². The van der Waals surface area contributed by atoms with Crippen LogP contribution in [0.15, 0.2) is 23.0 Å². The lowest BCUT2D eigenvalue weighted by Crippen LogP contribution is -2.58. The molecule has 0 radical (unpaired) electrons. The summed E-state index contributed by atoms with van der Waals surface area (Å²) in [5.41, 5.74) is 1.98. The van der Waals surface area contributed by atoms with Gasteiger partial charge in [-0.15, -0.1) is 5.10 Å². The minimum atomic E-state index is -0.0101. The monoisotopic (exact) mass is 396 g/mol. The quantitative estimate of drug-likeness (QED) is 0.858. The molecule has 1 unspecified atom stereocenters. The Bertz CT molecular complexity index is 918. The van der Waals surface area contributed by atoms with E-state index in [0.717, 1.165) is 48.8 Å². The number of hydrogen-bond donors (Lipinski definition) is 1. The van der Waals surface area contributed by atoms with Gasteiger partial charge in [0, 0.05) is 30.4 Å². The van der Waals surface area contributed by atoms with Crippen molar-refractivity contribution in [2.45, 2.75) is 70.5 Å². The summed E-state index contributed by atoms with van der Waals surface area (Å²) in [6.45, 7) is 7.78. The predicted octanol–water partition coefficient (Wildman–Crippen LogP) is 2.21. The van der Waals surface area contributed by atoms with Crippen molar-refractivity contribution in [1.29, 1.82) is 0 Å². The second-order valence-corrected chi connectivity index (χ2v) is 9.23. The molecule has 2 aromatic rings. The summed E-state index contributed by atoms with van der Waals surface area (Å²) in [7, 11) is 0. The molecule has 4 aliphatic rings. The van der Waals surface area contributed by atoms with Crippen LogP contribution in [0.1, 0.15) is 56.0 Å². The standard InChI is InChI=1S/C22H32N6O/c1-15-13-16(2)27(24-15)21-7-8-22(29)28(25-21)19-5-3-18(4-6-19)23-20-14-26-11-9-17(20)10-12-26/h7-8,13,17-20,23H,3-6,9-12,14H2,1-2H3. The number of piperidine rings is 3. The molecule has 1 saturated carbocycles. The number of nitrogens with one attached hydrogen (secondary N) is 1. The summed E-state index contributed by atoms with van der Waals surface area (Å²) in [4.78, 5) is 15.1. The van der Waals surface area contributed by atoms with E-state index in [2.05, 4.69) is 20.4 Å². The van der Waals surface area contributed by atoms with Crippen molar-refractivity contribution in [1.82, 2.24) is 29.8 Å². The first kappa shape index (κ1) is 19.0. The highest BCUT2D eigenvalue weighted by Crippen LogP contribution is 2.31. The van der Waals surface area contributed by atoms with Gasteiger partial charge in [-0.1, -0.05) is 0 Å². The molecule has 2 bridgehead atoms. The number of hydrogen-bond acceptors (Lipinski definition) is 5. The molecule has 1 N–H and O–H groups in total. The fraction of sp³-hybridized carbons (Fsp3) is 0.682. The minimum absolute atomic E-state index is 0.0101. The Labute approximate surface area is 172 Å². The summed E-state index contributed by atoms with van der Waals surface area (Å²) in [6.07, 6.45) is 6.95. The lowest BCUT2D eigenvalue weighted by Gasteiger charge is -2.47. The van der Waals surface area contributed by atoms with Gasteiger partial charge in [0.1, 0.15) is 0 Å². The van der Waals surface area contributed by atoms with Crippen molar-refractivity contribution < 1.29 is 0 Å². The third kappa shape index (κ3) is 3.78. The zero-order valence-electron chi connectivity index (χ0n) is 17.5. The Morgan fingerprint density at radius 3 is 2.38 bits per heavy atom. The zero-order valence-corrected chi connectivity index (χ0v) is 17.5. The normalized spacial score (nSPS) is 31.9. The highest BCUT2D eigenvalue weighted by atomic mass is 16.1. The summed E-state index contributed by atoms with van der Waals surface area (Å²) in [5.74, 6) is 1.59. The topological polar surface area (TPSA) is 68.0 Å². The van der Waals surface area contributed by atoms with Crippen LogP contribution in [0, 0.1) is 19.8 Å². The summed E-state index contributed by atoms with van der Waals surface area (Å²) < 4.78 is 3.53. The SMILES string of the molecule is Cc1cc(C)n(-c2ccc(=O)n(C3CCC(NC4CN5CCC4CC5)CC3)n2)n1. The molecule has 2 aromatic heterocycles. The van der Waals surface area contributed by atoms with Crippen molar-refractivity contribution in [2.75, 3.05) is 19.6 Å². The van der Waals surface area contributed by atoms with Crippen LogP contribution in [0.3, 0.4) is 0 Å². The molecule has 7 heteroatoms. The van der Waals surface area contributed by atoms with E-state index in [-0.39, 0.29) is 11.6 Å². The number of aryl methyl sites for hydroxylation is 2.